The third-order valence-corrected chi connectivity index (χ3v) is 5.08. The number of aliphatic hydroxyl groups is 1. The molecule has 8 heteroatoms. The van der Waals surface area contributed by atoms with Crippen LogP contribution in [0.25, 0.3) is 10.9 Å². The fourth-order valence-electron chi connectivity index (χ4n) is 3.52. The molecule has 1 aliphatic heterocycles. The minimum atomic E-state index is -0.670. The second-order valence-corrected chi connectivity index (χ2v) is 6.54. The van der Waals surface area contributed by atoms with Gasteiger partial charge in [-0.2, -0.15) is 0 Å². The molecule has 0 unspecified atom stereocenters. The van der Waals surface area contributed by atoms with Crippen molar-refractivity contribution in [3.63, 3.8) is 0 Å². The lowest BCUT2D eigenvalue weighted by atomic mass is 9.97. The van der Waals surface area contributed by atoms with E-state index in [-0.39, 0.29) is 47.9 Å². The van der Waals surface area contributed by atoms with Gasteiger partial charge < -0.3 is 19.5 Å². The normalized spacial score (nSPS) is 16.2. The minimum Gasteiger partial charge on any atom is -0.495 e. The van der Waals surface area contributed by atoms with E-state index in [9.17, 15) is 14.3 Å². The third kappa shape index (κ3) is 2.90. The zero-order valence-corrected chi connectivity index (χ0v) is 15.6. The number of amides is 1. The Morgan fingerprint density at radius 2 is 2.23 bits per heavy atom. The zero-order chi connectivity index (χ0) is 19.0. The van der Waals surface area contributed by atoms with Crippen LogP contribution in [0.1, 0.15) is 29.8 Å². The second kappa shape index (κ2) is 7.34. The minimum absolute atomic E-state index is 0.0392. The largest absolute Gasteiger partial charge is 0.495 e. The average molecular weight is 383 g/mol. The van der Waals surface area contributed by atoms with Crippen molar-refractivity contribution in [2.75, 3.05) is 27.4 Å². The Hall–Kier alpha value is -1.96. The van der Waals surface area contributed by atoms with Gasteiger partial charge in [0.1, 0.15) is 22.9 Å². The Bertz CT molecular complexity index is 874. The van der Waals surface area contributed by atoms with Gasteiger partial charge in [-0.25, -0.2) is 9.37 Å². The molecule has 140 valence electrons. The number of benzene rings is 1. The molecule has 3 rings (SSSR count). The molecule has 1 aromatic heterocycles. The lowest BCUT2D eigenvalue weighted by molar-refractivity contribution is -0.137. The molecule has 0 spiro atoms. The first-order chi connectivity index (χ1) is 12.4. The lowest BCUT2D eigenvalue weighted by Crippen LogP contribution is -2.31. The van der Waals surface area contributed by atoms with Crippen LogP contribution >= 0.6 is 11.6 Å². The van der Waals surface area contributed by atoms with Crippen LogP contribution < -0.4 is 4.74 Å². The molecular formula is C18H20ClFN2O4. The molecule has 1 atom stereocenters. The van der Waals surface area contributed by atoms with Crippen LogP contribution in [0.3, 0.4) is 0 Å². The van der Waals surface area contributed by atoms with Gasteiger partial charge in [0.2, 0.25) is 5.91 Å². The first-order valence-corrected chi connectivity index (χ1v) is 8.58. The van der Waals surface area contributed by atoms with Crippen molar-refractivity contribution >= 4 is 28.4 Å². The average Bonchev–Trinajstić information content (AvgIpc) is 2.97. The predicted molar refractivity (Wildman–Crippen MR) is 94.9 cm³/mol. The SMILES string of the molecule is COCC(=O)N1Cc2c(CCO)nc3c(F)c(Cl)c(OC)cc3c2[C@@H]1C. The Morgan fingerprint density at radius 1 is 1.50 bits per heavy atom. The standard InChI is InChI=1S/C18H20ClFN2O4/c1-9-15-10-6-13(26-3)16(19)17(20)18(10)21-12(4-5-23)11(15)7-22(9)14(24)8-25-2/h6,9,23H,4-5,7-8H2,1-3H3/t9-/m0/s1. The number of halogens is 2. The number of carbonyl (C=O) groups is 1. The number of hydrogen-bond donors (Lipinski definition) is 1. The van der Waals surface area contributed by atoms with Gasteiger partial charge in [0, 0.05) is 37.8 Å². The summed E-state index contributed by atoms with van der Waals surface area (Å²) < 4.78 is 24.9. The van der Waals surface area contributed by atoms with Gasteiger partial charge in [0.05, 0.1) is 13.2 Å². The number of ether oxygens (including phenoxy) is 2. The molecule has 1 aliphatic rings. The molecular weight excluding hydrogens is 363 g/mol. The van der Waals surface area contributed by atoms with Gasteiger partial charge in [0.25, 0.3) is 0 Å². The molecule has 6 nitrogen and oxygen atoms in total. The van der Waals surface area contributed by atoms with Crippen LogP contribution in [-0.2, 0) is 22.5 Å². The summed E-state index contributed by atoms with van der Waals surface area (Å²) in [5.41, 5.74) is 2.31. The van der Waals surface area contributed by atoms with E-state index in [0.717, 1.165) is 11.1 Å². The van der Waals surface area contributed by atoms with Crippen LogP contribution in [0.4, 0.5) is 4.39 Å². The number of rotatable bonds is 5. The fourth-order valence-corrected chi connectivity index (χ4v) is 3.74. The van der Waals surface area contributed by atoms with E-state index in [4.69, 9.17) is 21.1 Å². The predicted octanol–water partition coefficient (Wildman–Crippen LogP) is 2.62. The van der Waals surface area contributed by atoms with Crippen molar-refractivity contribution < 1.29 is 23.8 Å². The van der Waals surface area contributed by atoms with Crippen molar-refractivity contribution in [3.05, 3.63) is 33.7 Å². The number of aliphatic hydroxyl groups excluding tert-OH is 1. The fraction of sp³-hybridized carbons (Fsp3) is 0.444. The molecule has 0 fully saturated rings. The Kier molecular flexibility index (Phi) is 5.32. The van der Waals surface area contributed by atoms with Gasteiger partial charge in [-0.15, -0.1) is 0 Å². The highest BCUT2D eigenvalue weighted by molar-refractivity contribution is 6.33. The van der Waals surface area contributed by atoms with Crippen molar-refractivity contribution in [1.29, 1.82) is 0 Å². The summed E-state index contributed by atoms with van der Waals surface area (Å²) in [6.07, 6.45) is 0.264. The highest BCUT2D eigenvalue weighted by Gasteiger charge is 2.35. The van der Waals surface area contributed by atoms with Crippen LogP contribution in [0.15, 0.2) is 6.07 Å². The first kappa shape index (κ1) is 18.8. The van der Waals surface area contributed by atoms with Crippen LogP contribution in [0.5, 0.6) is 5.75 Å². The highest BCUT2D eigenvalue weighted by atomic mass is 35.5. The number of hydrogen-bond acceptors (Lipinski definition) is 5. The molecule has 1 aromatic carbocycles. The van der Waals surface area contributed by atoms with Gasteiger partial charge in [-0.3, -0.25) is 4.79 Å². The van der Waals surface area contributed by atoms with E-state index < -0.39 is 5.82 Å². The van der Waals surface area contributed by atoms with Crippen LogP contribution in [0, 0.1) is 5.82 Å². The summed E-state index contributed by atoms with van der Waals surface area (Å²) in [4.78, 5) is 18.4. The number of carbonyl (C=O) groups excluding carboxylic acids is 1. The molecule has 0 radical (unpaired) electrons. The monoisotopic (exact) mass is 382 g/mol. The molecule has 1 amide bonds. The smallest absolute Gasteiger partial charge is 0.249 e. The van der Waals surface area contributed by atoms with Crippen molar-refractivity contribution in [2.24, 2.45) is 0 Å². The maximum absolute atomic E-state index is 14.8. The third-order valence-electron chi connectivity index (χ3n) is 4.73. The number of pyridine rings is 1. The van der Waals surface area contributed by atoms with Gasteiger partial charge in [-0.05, 0) is 24.1 Å². The van der Waals surface area contributed by atoms with E-state index in [1.807, 2.05) is 6.92 Å². The Morgan fingerprint density at radius 3 is 2.85 bits per heavy atom. The summed E-state index contributed by atoms with van der Waals surface area (Å²) in [6, 6.07) is 1.36. The number of fused-ring (bicyclic) bond motifs is 3. The molecule has 0 saturated heterocycles. The molecule has 0 saturated carbocycles. The van der Waals surface area contributed by atoms with Crippen molar-refractivity contribution in [1.82, 2.24) is 9.88 Å². The first-order valence-electron chi connectivity index (χ1n) is 8.21. The second-order valence-electron chi connectivity index (χ2n) is 6.16. The summed E-state index contributed by atoms with van der Waals surface area (Å²) in [6.45, 7) is 2.05. The molecule has 26 heavy (non-hydrogen) atoms. The van der Waals surface area contributed by atoms with E-state index in [1.54, 1.807) is 11.0 Å². The maximum Gasteiger partial charge on any atom is 0.249 e. The van der Waals surface area contributed by atoms with E-state index in [1.165, 1.54) is 14.2 Å². The van der Waals surface area contributed by atoms with Crippen LogP contribution in [0.2, 0.25) is 5.02 Å². The zero-order valence-electron chi connectivity index (χ0n) is 14.8. The summed E-state index contributed by atoms with van der Waals surface area (Å²) in [5, 5.41) is 9.79. The molecule has 1 N–H and O–H groups in total. The van der Waals surface area contributed by atoms with E-state index in [0.29, 0.717) is 17.6 Å². The van der Waals surface area contributed by atoms with Gasteiger partial charge >= 0.3 is 0 Å². The Labute approximate surface area is 155 Å². The van der Waals surface area contributed by atoms with Crippen molar-refractivity contribution in [2.45, 2.75) is 25.9 Å². The van der Waals surface area contributed by atoms with E-state index >= 15 is 0 Å². The molecule has 2 heterocycles. The maximum atomic E-state index is 14.8. The topological polar surface area (TPSA) is 71.9 Å². The lowest BCUT2D eigenvalue weighted by Gasteiger charge is -2.22. The van der Waals surface area contributed by atoms with Crippen molar-refractivity contribution in [3.8, 4) is 5.75 Å². The Balaban J connectivity index is 2.27. The van der Waals surface area contributed by atoms with Crippen LogP contribution in [-0.4, -0.2) is 48.3 Å². The quantitative estimate of drug-likeness (QED) is 0.860. The van der Waals surface area contributed by atoms with Gasteiger partial charge in [0.15, 0.2) is 5.82 Å². The number of aromatic nitrogens is 1. The number of nitrogens with zero attached hydrogens (tertiary/aromatic N) is 2. The molecule has 0 aliphatic carbocycles. The molecule has 2 aromatic rings. The summed E-state index contributed by atoms with van der Waals surface area (Å²) in [5.74, 6) is -0.623. The van der Waals surface area contributed by atoms with Gasteiger partial charge in [-0.1, -0.05) is 11.6 Å². The highest BCUT2D eigenvalue weighted by Crippen LogP contribution is 2.43. The summed E-state index contributed by atoms with van der Waals surface area (Å²) >= 11 is 6.04. The number of methoxy groups -OCH3 is 2. The molecule has 0 bridgehead atoms. The summed E-state index contributed by atoms with van der Waals surface area (Å²) in [7, 11) is 2.88. The van der Waals surface area contributed by atoms with E-state index in [2.05, 4.69) is 4.98 Å².